The molecular formula is C16H16Cl3NO6. The molecule has 0 aliphatic heterocycles. The van der Waals surface area contributed by atoms with Crippen molar-refractivity contribution >= 4 is 47.1 Å². The molecular weight excluding hydrogens is 409 g/mol. The zero-order valence-electron chi connectivity index (χ0n) is 13.4. The summed E-state index contributed by atoms with van der Waals surface area (Å²) in [6, 6.07) is 8.99. The van der Waals surface area contributed by atoms with Crippen LogP contribution in [0.15, 0.2) is 42.0 Å². The lowest BCUT2D eigenvalue weighted by atomic mass is 10.1. The van der Waals surface area contributed by atoms with Gasteiger partial charge in [-0.2, -0.15) is 5.48 Å². The summed E-state index contributed by atoms with van der Waals surface area (Å²) in [4.78, 5) is 28.1. The summed E-state index contributed by atoms with van der Waals surface area (Å²) >= 11 is 17.3. The lowest BCUT2D eigenvalue weighted by molar-refractivity contribution is -0.213. The van der Waals surface area contributed by atoms with Gasteiger partial charge in [0.2, 0.25) is 0 Å². The van der Waals surface area contributed by atoms with Crippen LogP contribution in [0.1, 0.15) is 24.8 Å². The highest BCUT2D eigenvalue weighted by Crippen LogP contribution is 2.43. The zero-order chi connectivity index (χ0) is 19.2. The van der Waals surface area contributed by atoms with Crippen molar-refractivity contribution in [3.8, 4) is 0 Å². The minimum atomic E-state index is -1.78. The van der Waals surface area contributed by atoms with E-state index in [1.165, 1.54) is 0 Å². The first-order valence-electron chi connectivity index (χ1n) is 7.53. The van der Waals surface area contributed by atoms with Crippen LogP contribution in [0.25, 0.3) is 0 Å². The molecule has 0 spiro atoms. The van der Waals surface area contributed by atoms with Crippen molar-refractivity contribution in [1.29, 1.82) is 0 Å². The Morgan fingerprint density at radius 3 is 2.54 bits per heavy atom. The molecule has 0 bridgehead atoms. The normalized spacial score (nSPS) is 19.6. The molecule has 1 atom stereocenters. The summed E-state index contributed by atoms with van der Waals surface area (Å²) in [6.07, 6.45) is -0.463. The molecule has 10 heteroatoms. The van der Waals surface area contributed by atoms with Crippen molar-refractivity contribution < 1.29 is 29.0 Å². The summed E-state index contributed by atoms with van der Waals surface area (Å²) < 4.78 is 8.17. The number of benzene rings is 1. The molecule has 0 aromatic heterocycles. The van der Waals surface area contributed by atoms with Gasteiger partial charge in [-0.15, -0.1) is 0 Å². The van der Waals surface area contributed by atoms with Gasteiger partial charge in [-0.25, -0.2) is 14.4 Å². The number of alkyl halides is 3. The second kappa shape index (κ2) is 8.81. The maximum atomic E-state index is 11.8. The topological polar surface area (TPSA) is 94.1 Å². The summed E-state index contributed by atoms with van der Waals surface area (Å²) in [5.74, 6) is -1.78. The number of carbonyl (C=O) groups excluding carboxylic acids is 1. The van der Waals surface area contributed by atoms with E-state index in [1.54, 1.807) is 30.3 Å². The fourth-order valence-corrected chi connectivity index (χ4v) is 2.88. The van der Waals surface area contributed by atoms with Gasteiger partial charge in [0.05, 0.1) is 0 Å². The Labute approximate surface area is 164 Å². The molecule has 1 aromatic carbocycles. The average molecular weight is 425 g/mol. The predicted octanol–water partition coefficient (Wildman–Crippen LogP) is 4.72. The van der Waals surface area contributed by atoms with Gasteiger partial charge in [0.1, 0.15) is 6.61 Å². The molecule has 1 aliphatic rings. The maximum Gasteiger partial charge on any atom is 0.508 e. The minimum absolute atomic E-state index is 0.0136. The van der Waals surface area contributed by atoms with Crippen molar-refractivity contribution in [3.05, 3.63) is 47.5 Å². The van der Waals surface area contributed by atoms with E-state index < -0.39 is 21.8 Å². The summed E-state index contributed by atoms with van der Waals surface area (Å²) in [7, 11) is 0. The maximum absolute atomic E-state index is 11.8. The molecule has 1 amide bonds. The predicted molar refractivity (Wildman–Crippen MR) is 94.9 cm³/mol. The third-order valence-electron chi connectivity index (χ3n) is 3.51. The average Bonchev–Trinajstić information content (AvgIpc) is 2.92. The number of halogens is 3. The van der Waals surface area contributed by atoms with Gasteiger partial charge in [-0.1, -0.05) is 71.2 Å². The largest absolute Gasteiger partial charge is 0.508 e. The number of hydrogen-bond donors (Lipinski definition) is 2. The van der Waals surface area contributed by atoms with Gasteiger partial charge in [0, 0.05) is 18.4 Å². The van der Waals surface area contributed by atoms with E-state index in [1.807, 2.05) is 11.5 Å². The van der Waals surface area contributed by atoms with E-state index in [4.69, 9.17) is 54.2 Å². The van der Waals surface area contributed by atoms with Gasteiger partial charge in [-0.05, 0) is 12.0 Å². The van der Waals surface area contributed by atoms with E-state index in [0.717, 1.165) is 5.56 Å². The number of allylic oxidation sites excluding steroid dienone is 1. The first kappa shape index (κ1) is 20.6. The fourth-order valence-electron chi connectivity index (χ4n) is 2.45. The summed E-state index contributed by atoms with van der Waals surface area (Å²) in [5.41, 5.74) is 3.11. The van der Waals surface area contributed by atoms with Crippen LogP contribution in [0.5, 0.6) is 0 Å². The second-order valence-corrected chi connectivity index (χ2v) is 7.96. The van der Waals surface area contributed by atoms with Crippen LogP contribution < -0.4 is 5.48 Å². The number of rotatable bonds is 6. The van der Waals surface area contributed by atoms with Crippen molar-refractivity contribution in [1.82, 2.24) is 5.48 Å². The highest BCUT2D eigenvalue weighted by Gasteiger charge is 2.46. The molecule has 0 saturated carbocycles. The quantitative estimate of drug-likeness (QED) is 0.226. The number of amides is 1. The van der Waals surface area contributed by atoms with Gasteiger partial charge >= 0.3 is 12.2 Å². The van der Waals surface area contributed by atoms with Crippen molar-refractivity contribution in [2.24, 2.45) is 0 Å². The monoisotopic (exact) mass is 423 g/mol. The lowest BCUT2D eigenvalue weighted by Gasteiger charge is -2.31. The molecule has 0 radical (unpaired) electrons. The van der Waals surface area contributed by atoms with Crippen LogP contribution in [0.3, 0.4) is 0 Å². The number of nitrogens with one attached hydrogen (secondary N) is 1. The van der Waals surface area contributed by atoms with Gasteiger partial charge in [-0.3, -0.25) is 0 Å². The fraction of sp³-hybridized carbons (Fsp3) is 0.375. The second-order valence-electron chi connectivity index (χ2n) is 5.45. The van der Waals surface area contributed by atoms with Crippen molar-refractivity contribution in [2.45, 2.75) is 35.4 Å². The SMILES string of the molecule is O=C(O)OC1(ONC(=O)OCc2ccccc2)CCC=C1CC(Cl)(Cl)Cl. The van der Waals surface area contributed by atoms with Gasteiger partial charge in [0.25, 0.3) is 5.79 Å². The molecule has 2 N–H and O–H groups in total. The lowest BCUT2D eigenvalue weighted by Crippen LogP contribution is -2.44. The number of ether oxygens (including phenoxy) is 2. The van der Waals surface area contributed by atoms with Crippen LogP contribution in [0.4, 0.5) is 9.59 Å². The Kier molecular flexibility index (Phi) is 7.00. The smallest absolute Gasteiger partial charge is 0.450 e. The van der Waals surface area contributed by atoms with Crippen LogP contribution >= 0.6 is 34.8 Å². The van der Waals surface area contributed by atoms with Crippen LogP contribution in [-0.2, 0) is 20.9 Å². The molecule has 0 saturated heterocycles. The molecule has 2 rings (SSSR count). The Morgan fingerprint density at radius 2 is 1.92 bits per heavy atom. The summed E-state index contributed by atoms with van der Waals surface area (Å²) in [5, 5.41) is 9.00. The molecule has 1 unspecified atom stereocenters. The number of carboxylic acid groups (broad SMARTS) is 1. The standard InChI is InChI=1S/C16H16Cl3NO6/c17-16(18,19)9-12-7-4-8-15(12,25-14(22)23)26-20-13(21)24-10-11-5-2-1-3-6-11/h1-3,5-7H,4,8-10H2,(H,20,21)(H,22,23). The number of carbonyl (C=O) groups is 2. The van der Waals surface area contributed by atoms with E-state index in [-0.39, 0.29) is 19.4 Å². The first-order chi connectivity index (χ1) is 12.2. The van der Waals surface area contributed by atoms with Crippen LogP contribution in [-0.4, -0.2) is 26.9 Å². The van der Waals surface area contributed by atoms with E-state index in [0.29, 0.717) is 12.0 Å². The molecule has 0 heterocycles. The third-order valence-corrected chi connectivity index (χ3v) is 3.91. The Morgan fingerprint density at radius 1 is 1.23 bits per heavy atom. The Bertz CT molecular complexity index is 676. The summed E-state index contributed by atoms with van der Waals surface area (Å²) in [6.45, 7) is 0.0136. The van der Waals surface area contributed by atoms with Crippen molar-refractivity contribution in [2.75, 3.05) is 0 Å². The molecule has 26 heavy (non-hydrogen) atoms. The highest BCUT2D eigenvalue weighted by molar-refractivity contribution is 6.67. The third kappa shape index (κ3) is 6.25. The number of hydroxylamine groups is 1. The molecule has 0 fully saturated rings. The molecule has 142 valence electrons. The number of hydrogen-bond acceptors (Lipinski definition) is 5. The first-order valence-corrected chi connectivity index (χ1v) is 8.66. The van der Waals surface area contributed by atoms with Crippen LogP contribution in [0, 0.1) is 0 Å². The van der Waals surface area contributed by atoms with Gasteiger partial charge in [0.15, 0.2) is 3.79 Å². The minimum Gasteiger partial charge on any atom is -0.450 e. The van der Waals surface area contributed by atoms with E-state index >= 15 is 0 Å². The van der Waals surface area contributed by atoms with Gasteiger partial charge < -0.3 is 14.6 Å². The van der Waals surface area contributed by atoms with Crippen molar-refractivity contribution in [3.63, 3.8) is 0 Å². The highest BCUT2D eigenvalue weighted by atomic mass is 35.6. The zero-order valence-corrected chi connectivity index (χ0v) is 15.7. The molecule has 1 aliphatic carbocycles. The van der Waals surface area contributed by atoms with E-state index in [2.05, 4.69) is 0 Å². The molecule has 1 aromatic rings. The molecule has 7 nitrogen and oxygen atoms in total. The Hall–Kier alpha value is -1.67. The van der Waals surface area contributed by atoms with Crippen LogP contribution in [0.2, 0.25) is 0 Å². The van der Waals surface area contributed by atoms with E-state index in [9.17, 15) is 9.59 Å². The Balaban J connectivity index is 1.98.